The standard InChI is InChI=1S/C18H12N8O/c27-18-13-6-2-4-8-15(13)26-17(20-21-23-26)16-12-5-1-3-7-14(12)25-11(9-19-22-25)10-24(16)18/h1-9,16H,10H2. The third-order valence-corrected chi connectivity index (χ3v) is 5.09. The van der Waals surface area contributed by atoms with Crippen LogP contribution in [-0.2, 0) is 6.54 Å². The molecular formula is C18H12N8O. The summed E-state index contributed by atoms with van der Waals surface area (Å²) in [5, 5.41) is 20.6. The van der Waals surface area contributed by atoms with Crippen LogP contribution < -0.4 is 0 Å². The Kier molecular flexibility index (Phi) is 2.69. The Hall–Kier alpha value is -3.88. The molecule has 2 aromatic carbocycles. The van der Waals surface area contributed by atoms with Crippen LogP contribution in [0.25, 0.3) is 11.4 Å². The molecule has 4 aromatic rings. The second kappa shape index (κ2) is 5.07. The van der Waals surface area contributed by atoms with Crippen molar-refractivity contribution in [3.05, 3.63) is 77.4 Å². The highest BCUT2D eigenvalue weighted by Gasteiger charge is 2.40. The summed E-state index contributed by atoms with van der Waals surface area (Å²) in [4.78, 5) is 15.3. The van der Waals surface area contributed by atoms with Gasteiger partial charge < -0.3 is 4.90 Å². The molecule has 0 aliphatic carbocycles. The van der Waals surface area contributed by atoms with Gasteiger partial charge in [0.2, 0.25) is 0 Å². The lowest BCUT2D eigenvalue weighted by molar-refractivity contribution is 0.0691. The highest BCUT2D eigenvalue weighted by atomic mass is 16.2. The van der Waals surface area contributed by atoms with E-state index in [0.717, 1.165) is 16.9 Å². The number of tetrazole rings is 1. The monoisotopic (exact) mass is 356 g/mol. The average molecular weight is 356 g/mol. The summed E-state index contributed by atoms with van der Waals surface area (Å²) in [5.41, 5.74) is 3.84. The average Bonchev–Trinajstić information content (AvgIpc) is 3.33. The summed E-state index contributed by atoms with van der Waals surface area (Å²) >= 11 is 0. The molecule has 130 valence electrons. The van der Waals surface area contributed by atoms with Gasteiger partial charge in [0.25, 0.3) is 5.91 Å². The Morgan fingerprint density at radius 2 is 1.74 bits per heavy atom. The van der Waals surface area contributed by atoms with Gasteiger partial charge in [-0.05, 0) is 28.6 Å². The van der Waals surface area contributed by atoms with Gasteiger partial charge in [-0.3, -0.25) is 4.79 Å². The van der Waals surface area contributed by atoms with E-state index >= 15 is 0 Å². The van der Waals surface area contributed by atoms with Crippen LogP contribution in [0.2, 0.25) is 0 Å². The lowest BCUT2D eigenvalue weighted by Crippen LogP contribution is -2.34. The Labute approximate surface area is 152 Å². The number of amides is 1. The fraction of sp³-hybridized carbons (Fsp3) is 0.111. The minimum atomic E-state index is -0.433. The van der Waals surface area contributed by atoms with E-state index in [-0.39, 0.29) is 5.91 Å². The van der Waals surface area contributed by atoms with E-state index in [1.807, 2.05) is 42.5 Å². The van der Waals surface area contributed by atoms with Crippen LogP contribution in [0.1, 0.15) is 33.5 Å². The van der Waals surface area contributed by atoms with E-state index < -0.39 is 6.04 Å². The van der Waals surface area contributed by atoms with Gasteiger partial charge in [0, 0.05) is 5.56 Å². The number of para-hydroxylation sites is 2. The molecular weight excluding hydrogens is 344 g/mol. The molecule has 1 amide bonds. The van der Waals surface area contributed by atoms with Gasteiger partial charge in [-0.1, -0.05) is 35.5 Å². The smallest absolute Gasteiger partial charge is 0.257 e. The lowest BCUT2D eigenvalue weighted by atomic mass is 10.0. The van der Waals surface area contributed by atoms with Crippen molar-refractivity contribution in [2.24, 2.45) is 0 Å². The molecule has 0 N–H and O–H groups in total. The summed E-state index contributed by atoms with van der Waals surface area (Å²) in [7, 11) is 0. The molecule has 4 heterocycles. The van der Waals surface area contributed by atoms with Crippen molar-refractivity contribution in [3.63, 3.8) is 0 Å². The molecule has 1 atom stereocenters. The normalized spacial score (nSPS) is 17.1. The zero-order valence-electron chi connectivity index (χ0n) is 14.0. The largest absolute Gasteiger partial charge is 0.318 e. The van der Waals surface area contributed by atoms with Crippen LogP contribution in [-0.4, -0.2) is 46.0 Å². The van der Waals surface area contributed by atoms with Crippen molar-refractivity contribution in [2.45, 2.75) is 12.6 Å². The maximum absolute atomic E-state index is 13.5. The van der Waals surface area contributed by atoms with Crippen LogP contribution in [0.15, 0.2) is 54.7 Å². The minimum Gasteiger partial charge on any atom is -0.318 e. The number of rotatable bonds is 0. The maximum Gasteiger partial charge on any atom is 0.257 e. The Bertz CT molecular complexity index is 1210. The number of carbonyl (C=O) groups excluding carboxylic acids is 1. The molecule has 0 saturated heterocycles. The summed E-state index contributed by atoms with van der Waals surface area (Å²) in [6, 6.07) is 14.8. The Morgan fingerprint density at radius 3 is 2.67 bits per heavy atom. The van der Waals surface area contributed by atoms with Gasteiger partial charge in [-0.2, -0.15) is 4.68 Å². The van der Waals surface area contributed by atoms with Gasteiger partial charge in [0.1, 0.15) is 6.04 Å². The maximum atomic E-state index is 13.5. The number of benzene rings is 2. The quantitative estimate of drug-likeness (QED) is 0.471. The third-order valence-electron chi connectivity index (χ3n) is 5.09. The highest BCUT2D eigenvalue weighted by molar-refractivity contribution is 5.99. The highest BCUT2D eigenvalue weighted by Crippen LogP contribution is 2.39. The first-order valence-electron chi connectivity index (χ1n) is 8.50. The minimum absolute atomic E-state index is 0.0904. The molecule has 9 nitrogen and oxygen atoms in total. The molecule has 0 radical (unpaired) electrons. The topological polar surface area (TPSA) is 94.6 Å². The molecule has 2 aliphatic heterocycles. The first kappa shape index (κ1) is 14.3. The second-order valence-electron chi connectivity index (χ2n) is 6.50. The van der Waals surface area contributed by atoms with Gasteiger partial charge in [-0.25, -0.2) is 4.68 Å². The van der Waals surface area contributed by atoms with Crippen molar-refractivity contribution in [2.75, 3.05) is 0 Å². The van der Waals surface area contributed by atoms with E-state index in [9.17, 15) is 4.79 Å². The van der Waals surface area contributed by atoms with Gasteiger partial charge in [0.15, 0.2) is 5.82 Å². The number of fused-ring (bicyclic) bond motifs is 9. The van der Waals surface area contributed by atoms with Crippen molar-refractivity contribution in [3.8, 4) is 11.4 Å². The van der Waals surface area contributed by atoms with Gasteiger partial charge >= 0.3 is 0 Å². The predicted octanol–water partition coefficient (Wildman–Crippen LogP) is 1.30. The SMILES string of the molecule is O=C1c2ccccc2-n2nnnc2C2c3ccccc3-n3nncc3CN12. The Balaban J connectivity index is 1.71. The second-order valence-corrected chi connectivity index (χ2v) is 6.50. The van der Waals surface area contributed by atoms with Crippen molar-refractivity contribution >= 4 is 5.91 Å². The summed E-state index contributed by atoms with van der Waals surface area (Å²) in [6.07, 6.45) is 1.69. The van der Waals surface area contributed by atoms with E-state index in [1.165, 1.54) is 0 Å². The zero-order chi connectivity index (χ0) is 18.0. The van der Waals surface area contributed by atoms with Crippen LogP contribution in [0.3, 0.4) is 0 Å². The number of hydrogen-bond donors (Lipinski definition) is 0. The number of hydrogen-bond acceptors (Lipinski definition) is 6. The molecule has 2 aliphatic rings. The fourth-order valence-electron chi connectivity index (χ4n) is 3.91. The molecule has 0 saturated carbocycles. The number of nitrogens with zero attached hydrogens (tertiary/aromatic N) is 8. The van der Waals surface area contributed by atoms with Crippen molar-refractivity contribution in [1.29, 1.82) is 0 Å². The van der Waals surface area contributed by atoms with Crippen LogP contribution in [0.4, 0.5) is 0 Å². The van der Waals surface area contributed by atoms with Crippen molar-refractivity contribution in [1.82, 2.24) is 40.1 Å². The van der Waals surface area contributed by atoms with Crippen LogP contribution >= 0.6 is 0 Å². The first-order chi connectivity index (χ1) is 13.3. The summed E-state index contributed by atoms with van der Waals surface area (Å²) in [5.74, 6) is 0.506. The molecule has 9 heteroatoms. The van der Waals surface area contributed by atoms with E-state index in [0.29, 0.717) is 23.6 Å². The third kappa shape index (κ3) is 1.82. The zero-order valence-corrected chi connectivity index (χ0v) is 14.0. The van der Waals surface area contributed by atoms with E-state index in [1.54, 1.807) is 26.5 Å². The predicted molar refractivity (Wildman–Crippen MR) is 92.2 cm³/mol. The van der Waals surface area contributed by atoms with Gasteiger partial charge in [0.05, 0.1) is 35.4 Å². The lowest BCUT2D eigenvalue weighted by Gasteiger charge is -2.27. The molecule has 6 rings (SSSR count). The van der Waals surface area contributed by atoms with Crippen LogP contribution in [0, 0.1) is 0 Å². The van der Waals surface area contributed by atoms with Crippen molar-refractivity contribution < 1.29 is 4.79 Å². The first-order valence-corrected chi connectivity index (χ1v) is 8.50. The van der Waals surface area contributed by atoms with Crippen LogP contribution in [0.5, 0.6) is 0 Å². The van der Waals surface area contributed by atoms with E-state index in [2.05, 4.69) is 25.8 Å². The van der Waals surface area contributed by atoms with E-state index in [4.69, 9.17) is 0 Å². The molecule has 0 fully saturated rings. The van der Waals surface area contributed by atoms with Gasteiger partial charge in [-0.15, -0.1) is 10.2 Å². The molecule has 27 heavy (non-hydrogen) atoms. The summed E-state index contributed by atoms with van der Waals surface area (Å²) < 4.78 is 3.43. The fourth-order valence-corrected chi connectivity index (χ4v) is 3.91. The number of carbonyl (C=O) groups is 1. The Morgan fingerprint density at radius 1 is 0.926 bits per heavy atom. The molecule has 1 unspecified atom stereocenters. The molecule has 0 spiro atoms. The summed E-state index contributed by atoms with van der Waals surface area (Å²) in [6.45, 7) is 0.354. The molecule has 2 aromatic heterocycles. The number of aromatic nitrogens is 7. The molecule has 0 bridgehead atoms.